The molecule has 0 aliphatic carbocycles. The van der Waals surface area contributed by atoms with E-state index in [2.05, 4.69) is 74.3 Å². The van der Waals surface area contributed by atoms with Crippen LogP contribution in [0, 0.1) is 0 Å². The van der Waals surface area contributed by atoms with Gasteiger partial charge in [0.15, 0.2) is 22.9 Å². The van der Waals surface area contributed by atoms with Crippen molar-refractivity contribution in [1.29, 1.82) is 0 Å². The van der Waals surface area contributed by atoms with Crippen LogP contribution in [0.5, 0.6) is 0 Å². The first kappa shape index (κ1) is 37.6. The van der Waals surface area contributed by atoms with Gasteiger partial charge in [-0.3, -0.25) is 4.18 Å². The van der Waals surface area contributed by atoms with E-state index in [0.29, 0.717) is 13.0 Å². The highest BCUT2D eigenvalue weighted by atomic mass is 35.5. The van der Waals surface area contributed by atoms with Crippen molar-refractivity contribution in [2.24, 2.45) is 0 Å². The van der Waals surface area contributed by atoms with Gasteiger partial charge in [-0.1, -0.05) is 78.0 Å². The summed E-state index contributed by atoms with van der Waals surface area (Å²) in [6.45, 7) is 26.2. The Bertz CT molecular complexity index is 1090. The van der Waals surface area contributed by atoms with Crippen molar-refractivity contribution in [2.75, 3.05) is 25.0 Å². The Labute approximate surface area is 261 Å². The molecule has 242 valence electrons. The van der Waals surface area contributed by atoms with Crippen LogP contribution in [0.2, 0.25) is 36.3 Å². The zero-order valence-corrected chi connectivity index (χ0v) is 30.7. The van der Waals surface area contributed by atoms with Crippen molar-refractivity contribution in [1.82, 2.24) is 0 Å². The van der Waals surface area contributed by atoms with Gasteiger partial charge in [-0.2, -0.15) is 8.42 Å². The molecule has 1 aromatic carbocycles. The van der Waals surface area contributed by atoms with Crippen LogP contribution in [-0.2, 0) is 37.4 Å². The molecule has 1 aliphatic heterocycles. The number of hydrogen-bond acceptors (Lipinski definition) is 8. The summed E-state index contributed by atoms with van der Waals surface area (Å²) < 4.78 is 62.2. The van der Waals surface area contributed by atoms with Gasteiger partial charge >= 0.3 is 0 Å². The van der Waals surface area contributed by atoms with Crippen molar-refractivity contribution in [2.45, 2.75) is 115 Å². The van der Waals surface area contributed by atoms with Crippen molar-refractivity contribution < 1.29 is 35.7 Å². The molecular weight excluding hydrogens is 612 g/mol. The molecule has 5 atom stereocenters. The molecule has 0 amide bonds. The lowest BCUT2D eigenvalue weighted by molar-refractivity contribution is -0.282. The maximum Gasteiger partial charge on any atom is 0.281 e. The molecule has 12 heteroatoms. The Morgan fingerprint density at radius 2 is 1.62 bits per heavy atom. The molecular formula is C30H53ClO8SSi2. The summed E-state index contributed by atoms with van der Waals surface area (Å²) in [5, 5.41) is -0.684. The fraction of sp³-hybridized carbons (Fsp3) is 0.733. The van der Waals surface area contributed by atoms with Gasteiger partial charge in [0.1, 0.15) is 23.5 Å². The normalized spacial score (nSPS) is 22.5. The predicted molar refractivity (Wildman–Crippen MR) is 174 cm³/mol. The topological polar surface area (TPSA) is 89.5 Å². The molecule has 0 unspecified atom stereocenters. The van der Waals surface area contributed by atoms with Gasteiger partial charge in [0, 0.05) is 5.56 Å². The molecule has 1 saturated heterocycles. The number of benzene rings is 1. The first-order chi connectivity index (χ1) is 19.2. The minimum atomic E-state index is -3.93. The second-order valence-electron chi connectivity index (χ2n) is 13.9. The van der Waals surface area contributed by atoms with Gasteiger partial charge in [-0.05, 0) is 42.7 Å². The van der Waals surface area contributed by atoms with E-state index >= 15 is 0 Å². The van der Waals surface area contributed by atoms with Crippen LogP contribution in [0.4, 0.5) is 0 Å². The lowest BCUT2D eigenvalue weighted by atomic mass is 10.1. The summed E-state index contributed by atoms with van der Waals surface area (Å²) in [6, 6.07) is 9.46. The lowest BCUT2D eigenvalue weighted by Crippen LogP contribution is -2.54. The van der Waals surface area contributed by atoms with Crippen molar-refractivity contribution in [3.05, 3.63) is 48.6 Å². The summed E-state index contributed by atoms with van der Waals surface area (Å²) in [4.78, 5) is 0. The molecule has 0 saturated carbocycles. The molecule has 0 aromatic heterocycles. The zero-order valence-electron chi connectivity index (χ0n) is 27.1. The number of alkyl halides is 1. The van der Waals surface area contributed by atoms with Crippen LogP contribution < -0.4 is 0 Å². The number of rotatable bonds is 15. The van der Waals surface area contributed by atoms with E-state index in [1.165, 1.54) is 0 Å². The van der Waals surface area contributed by atoms with Crippen LogP contribution in [0.25, 0.3) is 0 Å². The lowest BCUT2D eigenvalue weighted by Gasteiger charge is -2.44. The Balaban J connectivity index is 2.42. The third-order valence-corrected chi connectivity index (χ3v) is 19.1. The number of halogens is 1. The van der Waals surface area contributed by atoms with E-state index in [1.807, 2.05) is 36.4 Å². The van der Waals surface area contributed by atoms with Gasteiger partial charge in [0.25, 0.3) is 10.1 Å². The first-order valence-electron chi connectivity index (χ1n) is 14.6. The predicted octanol–water partition coefficient (Wildman–Crippen LogP) is 7.39. The molecule has 0 spiro atoms. The first-order valence-corrected chi connectivity index (χ1v) is 22.5. The average molecular weight is 665 g/mol. The highest BCUT2D eigenvalue weighted by molar-refractivity contribution is 7.87. The van der Waals surface area contributed by atoms with E-state index in [-0.39, 0.29) is 29.4 Å². The maximum absolute atomic E-state index is 12.1. The molecule has 42 heavy (non-hydrogen) atoms. The summed E-state index contributed by atoms with van der Waals surface area (Å²) >= 11 is 5.61. The summed E-state index contributed by atoms with van der Waals surface area (Å²) in [5.74, 6) is 0. The Kier molecular flexibility index (Phi) is 13.5. The zero-order chi connectivity index (χ0) is 32.0. The standard InChI is InChI=1S/C30H53ClO8SSi2/c1-12-16-24(39-42(10,11)30(5,6)7)27(21-36-41(8,9)29(2,3)4)37-25-19-34-28(23-17-14-13-15-18-23)38-26(25)20-35-40(32,33)22-31/h12-15,17-18,24-28H,1,16,19-22H2,2-11H3/t24-,25-,26+,27+,28-/m1/s1. The van der Waals surface area contributed by atoms with Crippen LogP contribution >= 0.6 is 11.6 Å². The number of ether oxygens (including phenoxy) is 3. The van der Waals surface area contributed by atoms with E-state index < -0.39 is 56.6 Å². The number of hydrogen-bond donors (Lipinski definition) is 0. The van der Waals surface area contributed by atoms with E-state index in [0.717, 1.165) is 5.56 Å². The Hall–Kier alpha value is -0.606. The van der Waals surface area contributed by atoms with E-state index in [4.69, 9.17) is 38.8 Å². The Morgan fingerprint density at radius 3 is 2.14 bits per heavy atom. The van der Waals surface area contributed by atoms with Crippen molar-refractivity contribution >= 4 is 38.4 Å². The van der Waals surface area contributed by atoms with Crippen molar-refractivity contribution in [3.63, 3.8) is 0 Å². The smallest absolute Gasteiger partial charge is 0.281 e. The fourth-order valence-corrected chi connectivity index (χ4v) is 6.76. The monoisotopic (exact) mass is 664 g/mol. The summed E-state index contributed by atoms with van der Waals surface area (Å²) in [6.07, 6.45) is -0.549. The molecule has 0 N–H and O–H groups in total. The van der Waals surface area contributed by atoms with Crippen LogP contribution in [0.15, 0.2) is 43.0 Å². The van der Waals surface area contributed by atoms with Gasteiger partial charge in [-0.15, -0.1) is 18.2 Å². The second-order valence-corrected chi connectivity index (χ2v) is 25.7. The van der Waals surface area contributed by atoms with Crippen LogP contribution in [-0.4, -0.2) is 74.5 Å². The van der Waals surface area contributed by atoms with Crippen LogP contribution in [0.1, 0.15) is 59.8 Å². The van der Waals surface area contributed by atoms with E-state index in [1.54, 1.807) is 0 Å². The summed E-state index contributed by atoms with van der Waals surface area (Å²) in [7, 11) is -8.29. The second kappa shape index (κ2) is 15.1. The van der Waals surface area contributed by atoms with E-state index in [9.17, 15) is 8.42 Å². The maximum atomic E-state index is 12.1. The van der Waals surface area contributed by atoms with Gasteiger partial charge in [-0.25, -0.2) is 0 Å². The van der Waals surface area contributed by atoms with Gasteiger partial charge < -0.3 is 23.1 Å². The molecule has 1 aliphatic rings. The average Bonchev–Trinajstić information content (AvgIpc) is 2.89. The fourth-order valence-electron chi connectivity index (χ4n) is 3.80. The third-order valence-electron chi connectivity index (χ3n) is 8.57. The minimum Gasteiger partial charge on any atom is -0.414 e. The highest BCUT2D eigenvalue weighted by Gasteiger charge is 2.44. The molecule has 0 radical (unpaired) electrons. The molecule has 8 nitrogen and oxygen atoms in total. The molecule has 1 heterocycles. The molecule has 1 fully saturated rings. The quantitative estimate of drug-likeness (QED) is 0.0830. The third kappa shape index (κ3) is 10.8. The minimum absolute atomic E-state index is 0.00195. The SMILES string of the molecule is C=CC[C@@H](O[Si](C)(C)C(C)(C)C)[C@H](CO[Si](C)(C)C(C)(C)C)O[C@@H]1CO[C@@H](c2ccccc2)O[C@H]1COS(=O)(=O)CCl. The molecule has 1 aromatic rings. The van der Waals surface area contributed by atoms with Crippen LogP contribution in [0.3, 0.4) is 0 Å². The highest BCUT2D eigenvalue weighted by Crippen LogP contribution is 2.40. The van der Waals surface area contributed by atoms with Gasteiger partial charge in [0.05, 0.1) is 25.9 Å². The van der Waals surface area contributed by atoms with Crippen molar-refractivity contribution in [3.8, 4) is 0 Å². The largest absolute Gasteiger partial charge is 0.414 e. The summed E-state index contributed by atoms with van der Waals surface area (Å²) in [5.41, 5.74) is 0.810. The van der Waals surface area contributed by atoms with Gasteiger partial charge in [0.2, 0.25) is 0 Å². The molecule has 2 rings (SSSR count). The Morgan fingerprint density at radius 1 is 1.02 bits per heavy atom. The molecule has 0 bridgehead atoms.